The molecule has 0 amide bonds. The molecule has 1 heterocycles. The molecule has 108 valence electrons. The lowest BCUT2D eigenvalue weighted by Crippen LogP contribution is -2.66. The maximum atomic E-state index is 6.19. The van der Waals surface area contributed by atoms with Gasteiger partial charge in [0, 0.05) is 23.6 Å². The number of ether oxygens (including phenoxy) is 1. The van der Waals surface area contributed by atoms with E-state index in [1.165, 1.54) is 19.3 Å². The van der Waals surface area contributed by atoms with E-state index in [-0.39, 0.29) is 11.1 Å². The molecule has 1 aliphatic heterocycles. The lowest BCUT2D eigenvalue weighted by atomic mass is 9.70. The third-order valence-corrected chi connectivity index (χ3v) is 5.15. The summed E-state index contributed by atoms with van der Waals surface area (Å²) >= 11 is 0. The predicted molar refractivity (Wildman–Crippen MR) is 79.0 cm³/mol. The Kier molecular flexibility index (Phi) is 5.67. The Balaban J connectivity index is 2.75. The summed E-state index contributed by atoms with van der Waals surface area (Å²) in [5.41, 5.74) is 0.439. The van der Waals surface area contributed by atoms with Gasteiger partial charge in [0.05, 0.1) is 6.10 Å². The van der Waals surface area contributed by atoms with Crippen molar-refractivity contribution < 1.29 is 4.74 Å². The van der Waals surface area contributed by atoms with Crippen LogP contribution in [0.1, 0.15) is 73.6 Å². The van der Waals surface area contributed by atoms with E-state index in [1.807, 2.05) is 0 Å². The molecule has 1 fully saturated rings. The summed E-state index contributed by atoms with van der Waals surface area (Å²) in [5.74, 6) is 0.582. The summed E-state index contributed by atoms with van der Waals surface area (Å²) in [4.78, 5) is 0. The first-order chi connectivity index (χ1) is 8.40. The fraction of sp³-hybridized carbons (Fsp3) is 1.00. The molecule has 0 spiro atoms. The van der Waals surface area contributed by atoms with Gasteiger partial charge in [-0.25, -0.2) is 0 Å². The van der Waals surface area contributed by atoms with Crippen LogP contribution in [0, 0.1) is 5.92 Å². The van der Waals surface area contributed by atoms with Crippen LogP contribution in [-0.2, 0) is 4.74 Å². The monoisotopic (exact) mass is 255 g/mol. The Morgan fingerprint density at radius 3 is 2.33 bits per heavy atom. The van der Waals surface area contributed by atoms with Crippen LogP contribution >= 0.6 is 0 Å². The summed E-state index contributed by atoms with van der Waals surface area (Å²) < 4.78 is 6.19. The van der Waals surface area contributed by atoms with Crippen LogP contribution < -0.4 is 5.32 Å². The first-order valence-corrected chi connectivity index (χ1v) is 7.81. The average molecular weight is 255 g/mol. The van der Waals surface area contributed by atoms with Crippen LogP contribution in [0.25, 0.3) is 0 Å². The van der Waals surface area contributed by atoms with Crippen molar-refractivity contribution in [2.45, 2.75) is 90.8 Å². The average Bonchev–Trinajstić information content (AvgIpc) is 2.35. The minimum absolute atomic E-state index is 0.208. The second kappa shape index (κ2) is 6.38. The van der Waals surface area contributed by atoms with E-state index < -0.39 is 0 Å². The Morgan fingerprint density at radius 2 is 1.83 bits per heavy atom. The van der Waals surface area contributed by atoms with Crippen molar-refractivity contribution in [2.24, 2.45) is 5.92 Å². The second-order valence-corrected chi connectivity index (χ2v) is 6.57. The molecule has 1 N–H and O–H groups in total. The molecular weight excluding hydrogens is 222 g/mol. The molecule has 1 aliphatic rings. The maximum Gasteiger partial charge on any atom is 0.0635 e. The highest BCUT2D eigenvalue weighted by molar-refractivity contribution is 5.04. The number of piperidine rings is 1. The SMILES string of the molecule is CCCCOC1CC(C)(CC)NC(C)(CC)C1C. The van der Waals surface area contributed by atoms with Crippen LogP contribution in [0.5, 0.6) is 0 Å². The molecule has 0 saturated carbocycles. The van der Waals surface area contributed by atoms with Gasteiger partial charge in [0.1, 0.15) is 0 Å². The van der Waals surface area contributed by atoms with Crippen LogP contribution in [0.4, 0.5) is 0 Å². The molecule has 0 aromatic heterocycles. The van der Waals surface area contributed by atoms with Crippen LogP contribution in [0.2, 0.25) is 0 Å². The van der Waals surface area contributed by atoms with Gasteiger partial charge in [-0.1, -0.05) is 34.1 Å². The summed E-state index contributed by atoms with van der Waals surface area (Å²) in [6.07, 6.45) is 6.29. The topological polar surface area (TPSA) is 21.3 Å². The minimum Gasteiger partial charge on any atom is -0.378 e. The Hall–Kier alpha value is -0.0800. The highest BCUT2D eigenvalue weighted by atomic mass is 16.5. The smallest absolute Gasteiger partial charge is 0.0635 e. The molecule has 0 bridgehead atoms. The summed E-state index contributed by atoms with van der Waals surface area (Å²) in [5, 5.41) is 3.90. The van der Waals surface area contributed by atoms with E-state index in [2.05, 4.69) is 46.9 Å². The van der Waals surface area contributed by atoms with Crippen molar-refractivity contribution in [3.63, 3.8) is 0 Å². The largest absolute Gasteiger partial charge is 0.378 e. The van der Waals surface area contributed by atoms with Gasteiger partial charge in [-0.2, -0.15) is 0 Å². The van der Waals surface area contributed by atoms with Crippen LogP contribution in [-0.4, -0.2) is 23.8 Å². The van der Waals surface area contributed by atoms with E-state index in [9.17, 15) is 0 Å². The van der Waals surface area contributed by atoms with E-state index in [0.717, 1.165) is 19.4 Å². The number of hydrogen-bond donors (Lipinski definition) is 1. The minimum atomic E-state index is 0.208. The summed E-state index contributed by atoms with van der Waals surface area (Å²) in [7, 11) is 0. The van der Waals surface area contributed by atoms with Crippen molar-refractivity contribution in [1.29, 1.82) is 0 Å². The van der Waals surface area contributed by atoms with Gasteiger partial charge in [0.25, 0.3) is 0 Å². The molecule has 2 nitrogen and oxygen atoms in total. The lowest BCUT2D eigenvalue weighted by Gasteiger charge is -2.53. The van der Waals surface area contributed by atoms with Gasteiger partial charge in [-0.05, 0) is 39.5 Å². The van der Waals surface area contributed by atoms with E-state index in [0.29, 0.717) is 12.0 Å². The number of hydrogen-bond acceptors (Lipinski definition) is 2. The number of nitrogens with one attached hydrogen (secondary N) is 1. The van der Waals surface area contributed by atoms with E-state index >= 15 is 0 Å². The zero-order valence-electron chi connectivity index (χ0n) is 13.3. The molecule has 0 aromatic rings. The van der Waals surface area contributed by atoms with Crippen molar-refractivity contribution in [3.8, 4) is 0 Å². The first-order valence-electron chi connectivity index (χ1n) is 7.81. The van der Waals surface area contributed by atoms with Crippen LogP contribution in [0.3, 0.4) is 0 Å². The molecular formula is C16H33NO. The zero-order valence-corrected chi connectivity index (χ0v) is 13.3. The van der Waals surface area contributed by atoms with Gasteiger partial charge in [0.15, 0.2) is 0 Å². The molecule has 1 rings (SSSR count). The first kappa shape index (κ1) is 16.0. The fourth-order valence-electron chi connectivity index (χ4n) is 3.11. The highest BCUT2D eigenvalue weighted by Crippen LogP contribution is 2.38. The highest BCUT2D eigenvalue weighted by Gasteiger charge is 2.46. The molecule has 4 atom stereocenters. The normalized spacial score (nSPS) is 41.0. The van der Waals surface area contributed by atoms with Gasteiger partial charge in [0.2, 0.25) is 0 Å². The van der Waals surface area contributed by atoms with Gasteiger partial charge in [-0.3, -0.25) is 0 Å². The summed E-state index contributed by atoms with van der Waals surface area (Å²) in [6, 6.07) is 0. The van der Waals surface area contributed by atoms with E-state index in [4.69, 9.17) is 4.74 Å². The Morgan fingerprint density at radius 1 is 1.17 bits per heavy atom. The van der Waals surface area contributed by atoms with Crippen molar-refractivity contribution >= 4 is 0 Å². The second-order valence-electron chi connectivity index (χ2n) is 6.57. The third-order valence-electron chi connectivity index (χ3n) is 5.15. The third kappa shape index (κ3) is 3.48. The quantitative estimate of drug-likeness (QED) is 0.720. The van der Waals surface area contributed by atoms with Crippen LogP contribution in [0.15, 0.2) is 0 Å². The molecule has 0 aliphatic carbocycles. The lowest BCUT2D eigenvalue weighted by molar-refractivity contribution is -0.0727. The fourth-order valence-corrected chi connectivity index (χ4v) is 3.11. The zero-order chi connectivity index (χ0) is 13.8. The molecule has 2 heteroatoms. The number of unbranched alkanes of at least 4 members (excludes halogenated alkanes) is 1. The number of rotatable bonds is 6. The van der Waals surface area contributed by atoms with Gasteiger partial charge < -0.3 is 10.1 Å². The Labute approximate surface area is 114 Å². The molecule has 18 heavy (non-hydrogen) atoms. The van der Waals surface area contributed by atoms with Crippen molar-refractivity contribution in [3.05, 3.63) is 0 Å². The van der Waals surface area contributed by atoms with Gasteiger partial charge in [-0.15, -0.1) is 0 Å². The molecule has 0 radical (unpaired) electrons. The molecule has 1 saturated heterocycles. The van der Waals surface area contributed by atoms with Crippen molar-refractivity contribution in [2.75, 3.05) is 6.61 Å². The molecule has 4 unspecified atom stereocenters. The maximum absolute atomic E-state index is 6.19. The predicted octanol–water partition coefficient (Wildman–Crippen LogP) is 4.14. The Bertz CT molecular complexity index is 255. The summed E-state index contributed by atoms with van der Waals surface area (Å²) in [6.45, 7) is 14.8. The van der Waals surface area contributed by atoms with E-state index in [1.54, 1.807) is 0 Å². The standard InChI is InChI=1S/C16H33NO/c1-7-10-11-18-14-12-15(5,8-2)17-16(6,9-3)13(14)4/h13-14,17H,7-12H2,1-6H3. The van der Waals surface area contributed by atoms with Crippen molar-refractivity contribution in [1.82, 2.24) is 5.32 Å². The van der Waals surface area contributed by atoms with Gasteiger partial charge >= 0.3 is 0 Å². The molecule has 0 aromatic carbocycles.